The van der Waals surface area contributed by atoms with Gasteiger partial charge in [0.15, 0.2) is 0 Å². The molecular formula is C12H19NO4. The Kier molecular flexibility index (Phi) is 3.38. The molecule has 0 aromatic heterocycles. The number of carbonyl (C=O) groups excluding carboxylic acids is 1. The van der Waals surface area contributed by atoms with Crippen molar-refractivity contribution in [2.75, 3.05) is 19.7 Å². The number of rotatable bonds is 2. The molecule has 17 heavy (non-hydrogen) atoms. The molecule has 2 rings (SSSR count). The SMILES string of the molecule is CC1OCCC1C(=O)N1C[C@@H](C)[C@H](C(=O)O)C1. The summed E-state index contributed by atoms with van der Waals surface area (Å²) >= 11 is 0. The maximum atomic E-state index is 12.2. The van der Waals surface area contributed by atoms with E-state index in [4.69, 9.17) is 9.84 Å². The second-order valence-electron chi connectivity index (χ2n) is 5.14. The molecule has 2 aliphatic heterocycles. The molecule has 1 amide bonds. The van der Waals surface area contributed by atoms with Gasteiger partial charge in [-0.2, -0.15) is 0 Å². The van der Waals surface area contributed by atoms with E-state index in [9.17, 15) is 9.59 Å². The van der Waals surface area contributed by atoms with Crippen LogP contribution in [0.3, 0.4) is 0 Å². The van der Waals surface area contributed by atoms with Crippen LogP contribution in [0.5, 0.6) is 0 Å². The normalized spacial score (nSPS) is 37.4. The molecule has 0 aromatic carbocycles. The summed E-state index contributed by atoms with van der Waals surface area (Å²) in [4.78, 5) is 24.9. The van der Waals surface area contributed by atoms with Crippen molar-refractivity contribution in [1.29, 1.82) is 0 Å². The third-order valence-electron chi connectivity index (χ3n) is 3.93. The number of amides is 1. The highest BCUT2D eigenvalue weighted by Gasteiger charge is 2.41. The van der Waals surface area contributed by atoms with Crippen molar-refractivity contribution in [2.24, 2.45) is 17.8 Å². The molecule has 0 aliphatic carbocycles. The summed E-state index contributed by atoms with van der Waals surface area (Å²) in [5, 5.41) is 9.04. The second kappa shape index (κ2) is 4.64. The summed E-state index contributed by atoms with van der Waals surface area (Å²) in [5.41, 5.74) is 0. The van der Waals surface area contributed by atoms with Crippen molar-refractivity contribution in [2.45, 2.75) is 26.4 Å². The number of hydrogen-bond acceptors (Lipinski definition) is 3. The highest BCUT2D eigenvalue weighted by molar-refractivity contribution is 5.81. The number of hydrogen-bond donors (Lipinski definition) is 1. The molecule has 0 aromatic rings. The number of carbonyl (C=O) groups is 2. The topological polar surface area (TPSA) is 66.8 Å². The number of nitrogens with zero attached hydrogens (tertiary/aromatic N) is 1. The largest absolute Gasteiger partial charge is 0.481 e. The van der Waals surface area contributed by atoms with E-state index in [0.717, 1.165) is 6.42 Å². The Morgan fingerprint density at radius 2 is 1.94 bits per heavy atom. The van der Waals surface area contributed by atoms with Crippen LogP contribution in [0.1, 0.15) is 20.3 Å². The van der Waals surface area contributed by atoms with Crippen LogP contribution in [0, 0.1) is 17.8 Å². The average molecular weight is 241 g/mol. The third-order valence-corrected chi connectivity index (χ3v) is 3.93. The minimum atomic E-state index is -0.802. The van der Waals surface area contributed by atoms with Crippen LogP contribution in [-0.2, 0) is 14.3 Å². The Morgan fingerprint density at radius 1 is 1.24 bits per heavy atom. The lowest BCUT2D eigenvalue weighted by Crippen LogP contribution is -2.37. The zero-order chi connectivity index (χ0) is 12.6. The first-order valence-electron chi connectivity index (χ1n) is 6.14. The Hall–Kier alpha value is -1.10. The Morgan fingerprint density at radius 3 is 2.41 bits per heavy atom. The smallest absolute Gasteiger partial charge is 0.308 e. The first-order valence-corrected chi connectivity index (χ1v) is 6.14. The fraction of sp³-hybridized carbons (Fsp3) is 0.833. The van der Waals surface area contributed by atoms with Crippen LogP contribution < -0.4 is 0 Å². The van der Waals surface area contributed by atoms with Crippen molar-refractivity contribution < 1.29 is 19.4 Å². The van der Waals surface area contributed by atoms with E-state index in [1.165, 1.54) is 0 Å². The van der Waals surface area contributed by atoms with Gasteiger partial charge >= 0.3 is 5.97 Å². The molecule has 0 bridgehead atoms. The van der Waals surface area contributed by atoms with Gasteiger partial charge in [0, 0.05) is 19.7 Å². The maximum absolute atomic E-state index is 12.2. The predicted molar refractivity (Wildman–Crippen MR) is 60.4 cm³/mol. The van der Waals surface area contributed by atoms with Gasteiger partial charge in [-0.25, -0.2) is 0 Å². The zero-order valence-corrected chi connectivity index (χ0v) is 10.3. The fourth-order valence-electron chi connectivity index (χ4n) is 2.76. The van der Waals surface area contributed by atoms with E-state index in [1.807, 2.05) is 13.8 Å². The van der Waals surface area contributed by atoms with Crippen molar-refractivity contribution in [1.82, 2.24) is 4.90 Å². The summed E-state index contributed by atoms with van der Waals surface area (Å²) in [6.45, 7) is 5.32. The summed E-state index contributed by atoms with van der Waals surface area (Å²) < 4.78 is 5.38. The third kappa shape index (κ3) is 2.29. The standard InChI is InChI=1S/C12H19NO4/c1-7-5-13(6-10(7)12(15)16)11(14)9-3-4-17-8(9)2/h7-10H,3-6H2,1-2H3,(H,15,16)/t7-,8?,9?,10-/m1/s1. The summed E-state index contributed by atoms with van der Waals surface area (Å²) in [6, 6.07) is 0. The van der Waals surface area contributed by atoms with Gasteiger partial charge in [-0.1, -0.05) is 6.92 Å². The van der Waals surface area contributed by atoms with Crippen LogP contribution in [0.25, 0.3) is 0 Å². The molecule has 0 spiro atoms. The Balaban J connectivity index is 2.00. The first-order chi connectivity index (χ1) is 8.00. The molecule has 2 unspecified atom stereocenters. The van der Waals surface area contributed by atoms with E-state index in [2.05, 4.69) is 0 Å². The van der Waals surface area contributed by atoms with Crippen molar-refractivity contribution in [3.63, 3.8) is 0 Å². The van der Waals surface area contributed by atoms with Gasteiger partial charge < -0.3 is 14.7 Å². The number of ether oxygens (including phenoxy) is 1. The lowest BCUT2D eigenvalue weighted by Gasteiger charge is -2.22. The molecule has 2 aliphatic rings. The van der Waals surface area contributed by atoms with E-state index in [-0.39, 0.29) is 23.8 Å². The number of likely N-dealkylation sites (tertiary alicyclic amines) is 1. The van der Waals surface area contributed by atoms with E-state index in [1.54, 1.807) is 4.90 Å². The maximum Gasteiger partial charge on any atom is 0.308 e. The highest BCUT2D eigenvalue weighted by Crippen LogP contribution is 2.28. The van der Waals surface area contributed by atoms with Crippen LogP contribution >= 0.6 is 0 Å². The molecule has 0 saturated carbocycles. The molecule has 5 heteroatoms. The second-order valence-corrected chi connectivity index (χ2v) is 5.14. The predicted octanol–water partition coefficient (Wildman–Crippen LogP) is 0.591. The van der Waals surface area contributed by atoms with Gasteiger partial charge in [0.1, 0.15) is 0 Å². The minimum Gasteiger partial charge on any atom is -0.481 e. The van der Waals surface area contributed by atoms with E-state index in [0.29, 0.717) is 19.7 Å². The van der Waals surface area contributed by atoms with Gasteiger partial charge in [-0.3, -0.25) is 9.59 Å². The zero-order valence-electron chi connectivity index (χ0n) is 10.3. The van der Waals surface area contributed by atoms with Crippen LogP contribution in [0.2, 0.25) is 0 Å². The van der Waals surface area contributed by atoms with Crippen molar-refractivity contribution in [3.8, 4) is 0 Å². The molecular weight excluding hydrogens is 222 g/mol. The quantitative estimate of drug-likeness (QED) is 0.768. The van der Waals surface area contributed by atoms with E-state index >= 15 is 0 Å². The fourth-order valence-corrected chi connectivity index (χ4v) is 2.76. The Labute approximate surface area is 101 Å². The highest BCUT2D eigenvalue weighted by atomic mass is 16.5. The molecule has 0 radical (unpaired) electrons. The monoisotopic (exact) mass is 241 g/mol. The van der Waals surface area contributed by atoms with Gasteiger partial charge in [-0.15, -0.1) is 0 Å². The van der Waals surface area contributed by atoms with E-state index < -0.39 is 11.9 Å². The Bertz CT molecular complexity index is 330. The molecule has 1 N–H and O–H groups in total. The molecule has 5 nitrogen and oxygen atoms in total. The summed E-state index contributed by atoms with van der Waals surface area (Å²) in [5.74, 6) is -1.21. The lowest BCUT2D eigenvalue weighted by atomic mass is 9.99. The lowest BCUT2D eigenvalue weighted by molar-refractivity contribution is -0.142. The molecule has 2 fully saturated rings. The van der Waals surface area contributed by atoms with Crippen LogP contribution in [0.4, 0.5) is 0 Å². The summed E-state index contributed by atoms with van der Waals surface area (Å²) in [6.07, 6.45) is 0.712. The van der Waals surface area contributed by atoms with Crippen molar-refractivity contribution in [3.05, 3.63) is 0 Å². The number of carboxylic acid groups (broad SMARTS) is 1. The molecule has 2 saturated heterocycles. The molecule has 96 valence electrons. The number of aliphatic carboxylic acids is 1. The van der Waals surface area contributed by atoms with Crippen LogP contribution in [0.15, 0.2) is 0 Å². The van der Waals surface area contributed by atoms with Crippen LogP contribution in [-0.4, -0.2) is 47.7 Å². The van der Waals surface area contributed by atoms with Gasteiger partial charge in [0.2, 0.25) is 5.91 Å². The van der Waals surface area contributed by atoms with Crippen molar-refractivity contribution >= 4 is 11.9 Å². The first kappa shape index (κ1) is 12.4. The molecule has 2 heterocycles. The summed E-state index contributed by atoms with van der Waals surface area (Å²) in [7, 11) is 0. The van der Waals surface area contributed by atoms with Gasteiger partial charge in [0.05, 0.1) is 17.9 Å². The molecule has 4 atom stereocenters. The van der Waals surface area contributed by atoms with Gasteiger partial charge in [-0.05, 0) is 19.3 Å². The average Bonchev–Trinajstić information content (AvgIpc) is 2.83. The minimum absolute atomic E-state index is 0.0362. The van der Waals surface area contributed by atoms with Gasteiger partial charge in [0.25, 0.3) is 0 Å². The number of carboxylic acids is 1.